The van der Waals surface area contributed by atoms with Gasteiger partial charge in [-0.05, 0) is 77.8 Å². The molecule has 2 saturated carbocycles. The lowest BCUT2D eigenvalue weighted by Crippen LogP contribution is -2.55. The first kappa shape index (κ1) is 23.8. The number of rotatable bonds is 6. The lowest BCUT2D eigenvalue weighted by Gasteiger charge is -2.40. The van der Waals surface area contributed by atoms with E-state index in [1.54, 1.807) is 0 Å². The first-order valence-electron chi connectivity index (χ1n) is 12.3. The molecule has 1 aliphatic heterocycles. The second-order valence-electron chi connectivity index (χ2n) is 11.2. The summed E-state index contributed by atoms with van der Waals surface area (Å²) in [4.78, 5) is 0. The minimum Gasteiger partial charge on any atom is -0.490 e. The molecule has 2 aromatic rings. The lowest BCUT2D eigenvalue weighted by molar-refractivity contribution is -0.231. The van der Waals surface area contributed by atoms with Crippen LogP contribution in [0.15, 0.2) is 42.5 Å². The largest absolute Gasteiger partial charge is 0.490 e. The molecule has 8 atom stereocenters. The zero-order valence-corrected chi connectivity index (χ0v) is 20.1. The van der Waals surface area contributed by atoms with Gasteiger partial charge in [0, 0.05) is 0 Å². The van der Waals surface area contributed by atoms with Gasteiger partial charge in [-0.2, -0.15) is 0 Å². The summed E-state index contributed by atoms with van der Waals surface area (Å²) in [6, 6.07) is 14.1. The van der Waals surface area contributed by atoms with Gasteiger partial charge in [0.25, 0.3) is 0 Å². The average molecular weight is 469 g/mol. The van der Waals surface area contributed by atoms with Crippen molar-refractivity contribution in [3.05, 3.63) is 64.7 Å². The Bertz CT molecular complexity index is 1020. The Labute approximate surface area is 201 Å². The molecular formula is C28H36O6. The van der Waals surface area contributed by atoms with Crippen LogP contribution in [-0.2, 0) is 11.2 Å². The molecule has 1 saturated heterocycles. The first-order chi connectivity index (χ1) is 16.1. The van der Waals surface area contributed by atoms with E-state index in [0.717, 1.165) is 35.3 Å². The van der Waals surface area contributed by atoms with Gasteiger partial charge in [-0.1, -0.05) is 44.2 Å². The third-order valence-corrected chi connectivity index (χ3v) is 8.68. The molecule has 0 radical (unpaired) electrons. The summed E-state index contributed by atoms with van der Waals surface area (Å²) in [7, 11) is 0. The zero-order chi connectivity index (χ0) is 24.3. The van der Waals surface area contributed by atoms with Crippen molar-refractivity contribution in [1.82, 2.24) is 0 Å². The summed E-state index contributed by atoms with van der Waals surface area (Å²) < 4.78 is 12.0. The van der Waals surface area contributed by atoms with E-state index in [9.17, 15) is 20.4 Å². The van der Waals surface area contributed by atoms with Crippen LogP contribution in [0.4, 0.5) is 0 Å². The predicted molar refractivity (Wildman–Crippen MR) is 128 cm³/mol. The minimum absolute atomic E-state index is 0.298. The number of hydrogen-bond donors (Lipinski definition) is 4. The van der Waals surface area contributed by atoms with Crippen LogP contribution in [0.25, 0.3) is 0 Å². The molecule has 34 heavy (non-hydrogen) atoms. The SMILES string of the molecule is Cc1ccc([C@@H]2O[C@H](CO)[C@@H](O)[C@H](O)[C@H]2O)cc1Cc1ccc(OC2C[C@@]3(C)C[C@@]3(C)C2)cc1. The van der Waals surface area contributed by atoms with Gasteiger partial charge in [0.15, 0.2) is 0 Å². The van der Waals surface area contributed by atoms with Crippen molar-refractivity contribution >= 4 is 0 Å². The molecule has 6 heteroatoms. The summed E-state index contributed by atoms with van der Waals surface area (Å²) in [6.45, 7) is 6.35. The van der Waals surface area contributed by atoms with Gasteiger partial charge in [-0.3, -0.25) is 0 Å². The Morgan fingerprint density at radius 1 is 0.941 bits per heavy atom. The molecule has 6 nitrogen and oxygen atoms in total. The molecular weight excluding hydrogens is 432 g/mol. The van der Waals surface area contributed by atoms with Crippen molar-refractivity contribution in [1.29, 1.82) is 0 Å². The molecule has 1 unspecified atom stereocenters. The molecule has 0 aromatic heterocycles. The molecule has 5 rings (SSSR count). The molecule has 0 bridgehead atoms. The number of aryl methyl sites for hydroxylation is 1. The van der Waals surface area contributed by atoms with Crippen molar-refractivity contribution < 1.29 is 29.9 Å². The highest BCUT2D eigenvalue weighted by atomic mass is 16.5. The smallest absolute Gasteiger partial charge is 0.119 e. The zero-order valence-electron chi connectivity index (χ0n) is 20.1. The van der Waals surface area contributed by atoms with E-state index in [2.05, 4.69) is 26.0 Å². The Kier molecular flexibility index (Phi) is 6.02. The highest BCUT2D eigenvalue weighted by Crippen LogP contribution is 2.73. The van der Waals surface area contributed by atoms with Crippen LogP contribution in [0.3, 0.4) is 0 Å². The first-order valence-corrected chi connectivity index (χ1v) is 12.3. The summed E-state index contributed by atoms with van der Waals surface area (Å²) in [5.41, 5.74) is 4.97. The molecule has 3 fully saturated rings. The third kappa shape index (κ3) is 4.16. The molecule has 184 valence electrons. The number of fused-ring (bicyclic) bond motifs is 1. The van der Waals surface area contributed by atoms with E-state index in [4.69, 9.17) is 9.47 Å². The van der Waals surface area contributed by atoms with E-state index >= 15 is 0 Å². The second-order valence-corrected chi connectivity index (χ2v) is 11.2. The van der Waals surface area contributed by atoms with Crippen LogP contribution in [0.1, 0.15) is 61.5 Å². The highest BCUT2D eigenvalue weighted by Gasteiger charge is 2.66. The molecule has 1 heterocycles. The molecule has 2 aromatic carbocycles. The van der Waals surface area contributed by atoms with E-state index < -0.39 is 37.1 Å². The van der Waals surface area contributed by atoms with Crippen molar-refractivity contribution in [2.75, 3.05) is 6.61 Å². The maximum atomic E-state index is 10.5. The number of aliphatic hydroxyl groups excluding tert-OH is 4. The van der Waals surface area contributed by atoms with Gasteiger partial charge >= 0.3 is 0 Å². The van der Waals surface area contributed by atoms with Gasteiger partial charge in [-0.15, -0.1) is 0 Å². The van der Waals surface area contributed by atoms with Crippen LogP contribution < -0.4 is 4.74 Å². The van der Waals surface area contributed by atoms with Crippen molar-refractivity contribution in [3.63, 3.8) is 0 Å². The van der Waals surface area contributed by atoms with Gasteiger partial charge in [0.1, 0.15) is 36.3 Å². The summed E-state index contributed by atoms with van der Waals surface area (Å²) in [5, 5.41) is 40.2. The normalized spacial score (nSPS) is 39.0. The maximum absolute atomic E-state index is 10.5. The molecule has 0 amide bonds. The predicted octanol–water partition coefficient (Wildman–Crippen LogP) is 3.06. The van der Waals surface area contributed by atoms with Crippen molar-refractivity contribution in [2.24, 2.45) is 10.8 Å². The van der Waals surface area contributed by atoms with Crippen LogP contribution in [0.2, 0.25) is 0 Å². The fourth-order valence-corrected chi connectivity index (χ4v) is 6.15. The highest BCUT2D eigenvalue weighted by molar-refractivity contribution is 5.38. The fourth-order valence-electron chi connectivity index (χ4n) is 6.15. The molecule has 4 N–H and O–H groups in total. The van der Waals surface area contributed by atoms with Gasteiger partial charge in [0.2, 0.25) is 0 Å². The summed E-state index contributed by atoms with van der Waals surface area (Å²) in [6.07, 6.45) is -1.18. The second kappa shape index (κ2) is 8.61. The van der Waals surface area contributed by atoms with Crippen LogP contribution in [-0.4, -0.2) is 57.6 Å². The lowest BCUT2D eigenvalue weighted by atomic mass is 9.89. The topological polar surface area (TPSA) is 99.4 Å². The van der Waals surface area contributed by atoms with E-state index in [1.165, 1.54) is 6.42 Å². The Morgan fingerprint density at radius 3 is 2.26 bits per heavy atom. The maximum Gasteiger partial charge on any atom is 0.119 e. The number of ether oxygens (including phenoxy) is 2. The number of hydrogen-bond acceptors (Lipinski definition) is 6. The number of aliphatic hydroxyl groups is 4. The quantitative estimate of drug-likeness (QED) is 0.520. The monoisotopic (exact) mass is 468 g/mol. The molecule has 3 aliphatic rings. The van der Waals surface area contributed by atoms with E-state index in [0.29, 0.717) is 28.9 Å². The van der Waals surface area contributed by atoms with Crippen LogP contribution >= 0.6 is 0 Å². The van der Waals surface area contributed by atoms with Gasteiger partial charge < -0.3 is 29.9 Å². The summed E-state index contributed by atoms with van der Waals surface area (Å²) >= 11 is 0. The standard InChI is InChI=1S/C28H36O6/c1-16-4-7-18(26-25(32)24(31)23(30)22(14-29)34-26)11-19(16)10-17-5-8-20(9-6-17)33-21-12-27(2)15-28(27,3)13-21/h4-9,11,21-26,29-32H,10,12-15H2,1-3H3/t21?,22-,23-,24+,25-,26+,27-,28+/m1/s1. The fraction of sp³-hybridized carbons (Fsp3) is 0.571. The third-order valence-electron chi connectivity index (χ3n) is 8.68. The minimum atomic E-state index is -1.39. The Morgan fingerprint density at radius 2 is 1.62 bits per heavy atom. The molecule has 2 aliphatic carbocycles. The number of benzene rings is 2. The Hall–Kier alpha value is -1.96. The van der Waals surface area contributed by atoms with Crippen LogP contribution in [0.5, 0.6) is 5.75 Å². The van der Waals surface area contributed by atoms with E-state index in [1.807, 2.05) is 37.3 Å². The average Bonchev–Trinajstić information content (AvgIpc) is 3.23. The van der Waals surface area contributed by atoms with Crippen molar-refractivity contribution in [2.45, 2.75) is 83.1 Å². The van der Waals surface area contributed by atoms with E-state index in [-0.39, 0.29) is 0 Å². The van der Waals surface area contributed by atoms with Gasteiger partial charge in [0.05, 0.1) is 12.7 Å². The summed E-state index contributed by atoms with van der Waals surface area (Å²) in [5.74, 6) is 0.911. The Balaban J connectivity index is 1.27. The molecule has 0 spiro atoms. The van der Waals surface area contributed by atoms with Crippen LogP contribution in [0, 0.1) is 17.8 Å². The van der Waals surface area contributed by atoms with Crippen molar-refractivity contribution in [3.8, 4) is 5.75 Å². The van der Waals surface area contributed by atoms with Gasteiger partial charge in [-0.25, -0.2) is 0 Å².